The molecule has 4 rings (SSSR count). The van der Waals surface area contributed by atoms with Crippen molar-refractivity contribution in [2.45, 2.75) is 71.5 Å². The van der Waals surface area contributed by atoms with Crippen molar-refractivity contribution >= 4 is 17.6 Å². The predicted molar refractivity (Wildman–Crippen MR) is 148 cm³/mol. The number of pyridine rings is 1. The number of benzene rings is 1. The third-order valence-corrected chi connectivity index (χ3v) is 6.60. The first-order valence-electron chi connectivity index (χ1n) is 13.5. The number of oxime groups is 1. The molecule has 1 fully saturated rings. The Hall–Kier alpha value is -3.95. The fourth-order valence-electron chi connectivity index (χ4n) is 4.58. The van der Waals surface area contributed by atoms with Gasteiger partial charge < -0.3 is 9.57 Å². The van der Waals surface area contributed by atoms with Crippen LogP contribution >= 0.6 is 0 Å². The van der Waals surface area contributed by atoms with Gasteiger partial charge in [-0.2, -0.15) is 0 Å². The fourth-order valence-corrected chi connectivity index (χ4v) is 4.58. The van der Waals surface area contributed by atoms with Gasteiger partial charge >= 0.3 is 11.8 Å². The van der Waals surface area contributed by atoms with Crippen LogP contribution in [0, 0.1) is 5.92 Å². The smallest absolute Gasteiger partial charge is 0.441 e. The molecule has 2 heterocycles. The molecule has 0 aliphatic heterocycles. The maximum Gasteiger partial charge on any atom is 0.441 e. The van der Waals surface area contributed by atoms with Crippen LogP contribution in [0.4, 0.5) is 10.6 Å². The second kappa shape index (κ2) is 12.7. The molecule has 0 atom stereocenters. The normalized spacial score (nSPS) is 14.7. The van der Waals surface area contributed by atoms with E-state index < -0.39 is 17.5 Å². The summed E-state index contributed by atoms with van der Waals surface area (Å²) in [5.41, 5.74) is 1.03. The highest BCUT2D eigenvalue weighted by molar-refractivity contribution is 6.10. The molecule has 0 N–H and O–H groups in total. The average molecular weight is 536 g/mol. The molecule has 208 valence electrons. The van der Waals surface area contributed by atoms with Crippen LogP contribution in [0.2, 0.25) is 0 Å². The van der Waals surface area contributed by atoms with Gasteiger partial charge in [0.2, 0.25) is 5.82 Å². The highest BCUT2D eigenvalue weighted by Gasteiger charge is 2.26. The SMILES string of the molecule is Cn1c(/C(=N\OCc2cccc(N(CCC3CCCCC3)C(=O)OC(C)(C)C)n2)c2ccccc2)noc1=O. The number of amides is 1. The molecule has 39 heavy (non-hydrogen) atoms. The summed E-state index contributed by atoms with van der Waals surface area (Å²) >= 11 is 0. The van der Waals surface area contributed by atoms with E-state index in [1.807, 2.05) is 63.2 Å². The van der Waals surface area contributed by atoms with E-state index in [1.165, 1.54) is 36.7 Å². The first kappa shape index (κ1) is 28.1. The zero-order chi connectivity index (χ0) is 27.8. The summed E-state index contributed by atoms with van der Waals surface area (Å²) in [4.78, 5) is 37.0. The summed E-state index contributed by atoms with van der Waals surface area (Å²) in [6.07, 6.45) is 6.66. The van der Waals surface area contributed by atoms with Crippen molar-refractivity contribution in [1.29, 1.82) is 0 Å². The summed E-state index contributed by atoms with van der Waals surface area (Å²) < 4.78 is 11.8. The molecule has 0 radical (unpaired) electrons. The monoisotopic (exact) mass is 535 g/mol. The van der Waals surface area contributed by atoms with E-state index in [0.717, 1.165) is 6.42 Å². The molecule has 0 spiro atoms. The Bertz CT molecular complexity index is 1320. The van der Waals surface area contributed by atoms with Gasteiger partial charge in [0, 0.05) is 19.2 Å². The number of hydrogen-bond donors (Lipinski definition) is 0. The Kier molecular flexibility index (Phi) is 9.16. The Morgan fingerprint density at radius 1 is 1.10 bits per heavy atom. The minimum Gasteiger partial charge on any atom is -0.443 e. The molecule has 1 aliphatic rings. The van der Waals surface area contributed by atoms with Gasteiger partial charge in [0.1, 0.15) is 11.4 Å². The molecular formula is C29H37N5O5. The Labute approximate surface area is 228 Å². The minimum atomic E-state index is -0.620. The van der Waals surface area contributed by atoms with Crippen molar-refractivity contribution in [2.24, 2.45) is 18.1 Å². The summed E-state index contributed by atoms with van der Waals surface area (Å²) in [5.74, 6) is 0.756. The van der Waals surface area contributed by atoms with Crippen LogP contribution in [-0.4, -0.2) is 38.7 Å². The van der Waals surface area contributed by atoms with Crippen molar-refractivity contribution in [3.05, 3.63) is 76.2 Å². The Morgan fingerprint density at radius 3 is 2.51 bits per heavy atom. The first-order valence-corrected chi connectivity index (χ1v) is 13.5. The minimum absolute atomic E-state index is 0.0424. The lowest BCUT2D eigenvalue weighted by Crippen LogP contribution is -2.38. The Balaban J connectivity index is 1.53. The summed E-state index contributed by atoms with van der Waals surface area (Å²) in [5, 5.41) is 8.13. The maximum absolute atomic E-state index is 13.2. The van der Waals surface area contributed by atoms with Crippen LogP contribution in [-0.2, 0) is 23.2 Å². The van der Waals surface area contributed by atoms with Gasteiger partial charge in [-0.05, 0) is 45.2 Å². The van der Waals surface area contributed by atoms with E-state index in [4.69, 9.17) is 19.1 Å². The molecule has 10 heteroatoms. The lowest BCUT2D eigenvalue weighted by atomic mass is 9.87. The summed E-state index contributed by atoms with van der Waals surface area (Å²) in [6.45, 7) is 6.15. The van der Waals surface area contributed by atoms with E-state index in [1.54, 1.807) is 18.0 Å². The number of carbonyl (C=O) groups excluding carboxylic acids is 1. The second-order valence-electron chi connectivity index (χ2n) is 10.8. The highest BCUT2D eigenvalue weighted by atomic mass is 16.6. The molecule has 0 saturated heterocycles. The van der Waals surface area contributed by atoms with Crippen LogP contribution in [0.15, 0.2) is 63.0 Å². The standard InChI is InChI=1S/C29H37N5O5/c1-29(2,3)38-28(36)34(19-18-21-12-7-5-8-13-21)24-17-11-16-23(30-24)20-37-31-25(22-14-9-6-10-15-22)26-32-39-27(35)33(26)4/h6,9-11,14-17,21H,5,7-8,12-13,18-20H2,1-4H3/b31-25-. The highest BCUT2D eigenvalue weighted by Crippen LogP contribution is 2.27. The molecule has 1 aliphatic carbocycles. The van der Waals surface area contributed by atoms with Crippen LogP contribution in [0.1, 0.15) is 76.4 Å². The number of hydrogen-bond acceptors (Lipinski definition) is 8. The topological polar surface area (TPSA) is 112 Å². The third kappa shape index (κ3) is 7.78. The second-order valence-corrected chi connectivity index (χ2v) is 10.8. The summed E-state index contributed by atoms with van der Waals surface area (Å²) in [7, 11) is 1.55. The number of anilines is 1. The zero-order valence-corrected chi connectivity index (χ0v) is 23.1. The Morgan fingerprint density at radius 2 is 1.85 bits per heavy atom. The molecule has 1 aromatic carbocycles. The van der Waals surface area contributed by atoms with E-state index >= 15 is 0 Å². The van der Waals surface area contributed by atoms with E-state index in [9.17, 15) is 9.59 Å². The van der Waals surface area contributed by atoms with Gasteiger partial charge in [-0.25, -0.2) is 14.6 Å². The lowest BCUT2D eigenvalue weighted by molar-refractivity contribution is 0.0576. The van der Waals surface area contributed by atoms with Gasteiger partial charge in [-0.1, -0.05) is 78.8 Å². The lowest BCUT2D eigenvalue weighted by Gasteiger charge is -2.29. The van der Waals surface area contributed by atoms with Gasteiger partial charge in [0.15, 0.2) is 12.3 Å². The first-order chi connectivity index (χ1) is 18.7. The predicted octanol–water partition coefficient (Wildman–Crippen LogP) is 5.45. The van der Waals surface area contributed by atoms with E-state index in [2.05, 4.69) is 10.3 Å². The van der Waals surface area contributed by atoms with Crippen molar-refractivity contribution in [3.8, 4) is 0 Å². The van der Waals surface area contributed by atoms with Gasteiger partial charge in [-0.15, -0.1) is 0 Å². The van der Waals surface area contributed by atoms with Crippen molar-refractivity contribution in [3.63, 3.8) is 0 Å². The molecule has 1 amide bonds. The van der Waals surface area contributed by atoms with Crippen LogP contribution in [0.3, 0.4) is 0 Å². The molecule has 0 unspecified atom stereocenters. The van der Waals surface area contributed by atoms with E-state index in [0.29, 0.717) is 35.2 Å². The number of carbonyl (C=O) groups is 1. The van der Waals surface area contributed by atoms with Crippen molar-refractivity contribution in [1.82, 2.24) is 14.7 Å². The quantitative estimate of drug-likeness (QED) is 0.265. The molecule has 0 bridgehead atoms. The van der Waals surface area contributed by atoms with Gasteiger partial charge in [0.25, 0.3) is 0 Å². The molecular weight excluding hydrogens is 498 g/mol. The molecule has 2 aromatic heterocycles. The fraction of sp³-hybridized carbons (Fsp3) is 0.483. The van der Waals surface area contributed by atoms with E-state index in [-0.39, 0.29) is 12.4 Å². The number of rotatable bonds is 9. The molecule has 3 aromatic rings. The molecule has 10 nitrogen and oxygen atoms in total. The zero-order valence-electron chi connectivity index (χ0n) is 23.1. The van der Waals surface area contributed by atoms with Crippen LogP contribution in [0.5, 0.6) is 0 Å². The number of ether oxygens (including phenoxy) is 1. The van der Waals surface area contributed by atoms with Crippen LogP contribution in [0.25, 0.3) is 0 Å². The maximum atomic E-state index is 13.2. The number of aromatic nitrogens is 3. The largest absolute Gasteiger partial charge is 0.443 e. The van der Waals surface area contributed by atoms with Crippen molar-refractivity contribution in [2.75, 3.05) is 11.4 Å². The van der Waals surface area contributed by atoms with Crippen molar-refractivity contribution < 1.29 is 18.9 Å². The average Bonchev–Trinajstić information content (AvgIpc) is 3.24. The molecule has 1 saturated carbocycles. The van der Waals surface area contributed by atoms with Gasteiger partial charge in [-0.3, -0.25) is 14.0 Å². The van der Waals surface area contributed by atoms with Crippen LogP contribution < -0.4 is 10.7 Å². The number of nitrogens with zero attached hydrogens (tertiary/aromatic N) is 5. The third-order valence-electron chi connectivity index (χ3n) is 6.60. The summed E-state index contributed by atoms with van der Waals surface area (Å²) in [6, 6.07) is 14.7. The van der Waals surface area contributed by atoms with Gasteiger partial charge in [0.05, 0.1) is 5.69 Å².